The summed E-state index contributed by atoms with van der Waals surface area (Å²) in [5.74, 6) is 1.26. The molecule has 0 aliphatic carbocycles. The summed E-state index contributed by atoms with van der Waals surface area (Å²) in [5.41, 5.74) is 2.48. The first-order valence-corrected chi connectivity index (χ1v) is 9.00. The standard InChI is InChI=1S/C17H29NOS/c1-6-10-18-17(13(3)7-2)12-20(19)16-9-8-14(4)15(5)11-16/h8-9,11,13,17-18H,6-7,10,12H2,1-5H3. The molecule has 20 heavy (non-hydrogen) atoms. The Morgan fingerprint density at radius 3 is 2.45 bits per heavy atom. The quantitative estimate of drug-likeness (QED) is 0.790. The van der Waals surface area contributed by atoms with Gasteiger partial charge in [-0.05, 0) is 56.0 Å². The minimum atomic E-state index is -0.920. The first-order chi connectivity index (χ1) is 9.49. The Bertz CT molecular complexity index is 445. The van der Waals surface area contributed by atoms with E-state index in [1.54, 1.807) is 0 Å². The molecule has 0 aliphatic heterocycles. The molecule has 0 saturated heterocycles. The first-order valence-electron chi connectivity index (χ1n) is 7.68. The second kappa shape index (κ2) is 8.58. The van der Waals surface area contributed by atoms with Crippen molar-refractivity contribution in [2.45, 2.75) is 58.4 Å². The van der Waals surface area contributed by atoms with Crippen molar-refractivity contribution in [1.29, 1.82) is 0 Å². The highest BCUT2D eigenvalue weighted by atomic mass is 32.2. The summed E-state index contributed by atoms with van der Waals surface area (Å²) in [6.45, 7) is 11.8. The van der Waals surface area contributed by atoms with Crippen LogP contribution < -0.4 is 5.32 Å². The molecule has 1 rings (SSSR count). The Labute approximate surface area is 126 Å². The van der Waals surface area contributed by atoms with Gasteiger partial charge >= 0.3 is 0 Å². The number of hydrogen-bond donors (Lipinski definition) is 1. The summed E-state index contributed by atoms with van der Waals surface area (Å²) in [6.07, 6.45) is 2.23. The lowest BCUT2D eigenvalue weighted by Gasteiger charge is -2.24. The van der Waals surface area contributed by atoms with Gasteiger partial charge in [0.25, 0.3) is 0 Å². The molecule has 114 valence electrons. The van der Waals surface area contributed by atoms with Gasteiger partial charge < -0.3 is 5.32 Å². The van der Waals surface area contributed by atoms with Gasteiger partial charge in [-0.3, -0.25) is 4.21 Å². The van der Waals surface area contributed by atoms with E-state index in [1.807, 2.05) is 6.07 Å². The fourth-order valence-electron chi connectivity index (χ4n) is 2.15. The van der Waals surface area contributed by atoms with Crippen LogP contribution in [-0.2, 0) is 10.8 Å². The van der Waals surface area contributed by atoms with Crippen molar-refractivity contribution in [1.82, 2.24) is 5.32 Å². The molecule has 3 heteroatoms. The number of aryl methyl sites for hydroxylation is 2. The molecule has 0 aliphatic rings. The number of hydrogen-bond acceptors (Lipinski definition) is 2. The first kappa shape index (κ1) is 17.4. The minimum Gasteiger partial charge on any atom is -0.313 e. The van der Waals surface area contributed by atoms with E-state index in [9.17, 15) is 4.21 Å². The lowest BCUT2D eigenvalue weighted by molar-refractivity contribution is 0.394. The van der Waals surface area contributed by atoms with E-state index in [2.05, 4.69) is 52.1 Å². The van der Waals surface area contributed by atoms with Crippen LogP contribution in [0.25, 0.3) is 0 Å². The molecule has 0 aromatic heterocycles. The van der Waals surface area contributed by atoms with E-state index in [1.165, 1.54) is 11.1 Å². The molecule has 2 nitrogen and oxygen atoms in total. The predicted molar refractivity (Wildman–Crippen MR) is 88.7 cm³/mol. The largest absolute Gasteiger partial charge is 0.313 e. The molecule has 1 aromatic rings. The number of benzene rings is 1. The van der Waals surface area contributed by atoms with E-state index < -0.39 is 10.8 Å². The summed E-state index contributed by atoms with van der Waals surface area (Å²) in [4.78, 5) is 0.958. The van der Waals surface area contributed by atoms with E-state index in [-0.39, 0.29) is 0 Å². The van der Waals surface area contributed by atoms with Crippen LogP contribution >= 0.6 is 0 Å². The van der Waals surface area contributed by atoms with Gasteiger partial charge in [0.1, 0.15) is 0 Å². The highest BCUT2D eigenvalue weighted by molar-refractivity contribution is 7.85. The molecule has 3 unspecified atom stereocenters. The monoisotopic (exact) mass is 295 g/mol. The Hall–Kier alpha value is -0.670. The molecule has 1 N–H and O–H groups in total. The molecule has 0 bridgehead atoms. The predicted octanol–water partition coefficient (Wildman–Crippen LogP) is 3.83. The molecule has 0 heterocycles. The highest BCUT2D eigenvalue weighted by Gasteiger charge is 2.19. The zero-order valence-corrected chi connectivity index (χ0v) is 14.3. The van der Waals surface area contributed by atoms with Crippen LogP contribution in [0.3, 0.4) is 0 Å². The van der Waals surface area contributed by atoms with E-state index >= 15 is 0 Å². The Kier molecular flexibility index (Phi) is 7.46. The summed E-state index contributed by atoms with van der Waals surface area (Å²) in [5, 5.41) is 3.55. The van der Waals surface area contributed by atoms with Crippen LogP contribution in [0.15, 0.2) is 23.1 Å². The van der Waals surface area contributed by atoms with Crippen molar-refractivity contribution in [3.8, 4) is 0 Å². The molecular weight excluding hydrogens is 266 g/mol. The Balaban J connectivity index is 2.76. The van der Waals surface area contributed by atoms with Crippen LogP contribution in [0.5, 0.6) is 0 Å². The van der Waals surface area contributed by atoms with Gasteiger partial charge in [-0.1, -0.05) is 33.3 Å². The van der Waals surface area contributed by atoms with Crippen molar-refractivity contribution < 1.29 is 4.21 Å². The van der Waals surface area contributed by atoms with E-state index in [0.29, 0.717) is 17.7 Å². The molecule has 0 radical (unpaired) electrons. The fraction of sp³-hybridized carbons (Fsp3) is 0.647. The van der Waals surface area contributed by atoms with E-state index in [4.69, 9.17) is 0 Å². The van der Waals surface area contributed by atoms with Crippen LogP contribution in [-0.4, -0.2) is 22.5 Å². The van der Waals surface area contributed by atoms with E-state index in [0.717, 1.165) is 24.3 Å². The maximum absolute atomic E-state index is 12.6. The average molecular weight is 295 g/mol. The lowest BCUT2D eigenvalue weighted by Crippen LogP contribution is -2.39. The highest BCUT2D eigenvalue weighted by Crippen LogP contribution is 2.16. The van der Waals surface area contributed by atoms with Crippen molar-refractivity contribution in [2.75, 3.05) is 12.3 Å². The normalized spacial score (nSPS) is 15.8. The third-order valence-electron chi connectivity index (χ3n) is 4.06. The van der Waals surface area contributed by atoms with Gasteiger partial charge in [-0.15, -0.1) is 0 Å². The van der Waals surface area contributed by atoms with Crippen molar-refractivity contribution >= 4 is 10.8 Å². The van der Waals surface area contributed by atoms with Crippen molar-refractivity contribution in [2.24, 2.45) is 5.92 Å². The minimum absolute atomic E-state index is 0.336. The summed E-state index contributed by atoms with van der Waals surface area (Å²) < 4.78 is 12.6. The summed E-state index contributed by atoms with van der Waals surface area (Å²) in [6, 6.07) is 6.48. The van der Waals surface area contributed by atoms with Gasteiger partial charge in [0.2, 0.25) is 0 Å². The van der Waals surface area contributed by atoms with Crippen LogP contribution in [0.2, 0.25) is 0 Å². The molecule has 0 amide bonds. The van der Waals surface area contributed by atoms with Crippen LogP contribution in [0.4, 0.5) is 0 Å². The second-order valence-electron chi connectivity index (χ2n) is 5.70. The number of rotatable bonds is 8. The Morgan fingerprint density at radius 2 is 1.90 bits per heavy atom. The smallest absolute Gasteiger partial charge is 0.0545 e. The van der Waals surface area contributed by atoms with Crippen LogP contribution in [0.1, 0.15) is 44.7 Å². The average Bonchev–Trinajstić information content (AvgIpc) is 2.45. The third kappa shape index (κ3) is 5.02. The molecule has 0 saturated carbocycles. The summed E-state index contributed by atoms with van der Waals surface area (Å²) >= 11 is 0. The SMILES string of the molecule is CCCNC(CS(=O)c1ccc(C)c(C)c1)C(C)CC. The van der Waals surface area contributed by atoms with Crippen molar-refractivity contribution in [3.05, 3.63) is 29.3 Å². The molecule has 3 atom stereocenters. The Morgan fingerprint density at radius 1 is 1.20 bits per heavy atom. The van der Waals surface area contributed by atoms with Gasteiger partial charge in [-0.2, -0.15) is 0 Å². The topological polar surface area (TPSA) is 29.1 Å². The molecular formula is C17H29NOS. The summed E-state index contributed by atoms with van der Waals surface area (Å²) in [7, 11) is -0.920. The molecule has 0 fully saturated rings. The van der Waals surface area contributed by atoms with Gasteiger partial charge in [0.15, 0.2) is 0 Å². The number of nitrogens with one attached hydrogen (secondary N) is 1. The fourth-order valence-corrected chi connectivity index (χ4v) is 3.65. The van der Waals surface area contributed by atoms with Gasteiger partial charge in [0.05, 0.1) is 10.8 Å². The molecule has 1 aromatic carbocycles. The maximum atomic E-state index is 12.6. The van der Waals surface area contributed by atoms with Gasteiger partial charge in [-0.25, -0.2) is 0 Å². The third-order valence-corrected chi connectivity index (χ3v) is 5.50. The lowest BCUT2D eigenvalue weighted by atomic mass is 10.0. The van der Waals surface area contributed by atoms with Gasteiger partial charge in [0, 0.05) is 16.7 Å². The second-order valence-corrected chi connectivity index (χ2v) is 7.20. The molecule has 0 spiro atoms. The maximum Gasteiger partial charge on any atom is 0.0545 e. The van der Waals surface area contributed by atoms with Crippen LogP contribution in [0, 0.1) is 19.8 Å². The van der Waals surface area contributed by atoms with Crippen molar-refractivity contribution in [3.63, 3.8) is 0 Å². The zero-order valence-electron chi connectivity index (χ0n) is 13.5. The zero-order chi connectivity index (χ0) is 15.1.